The van der Waals surface area contributed by atoms with Gasteiger partial charge in [-0.05, 0) is 151 Å². The Balaban J connectivity index is 0.934. The van der Waals surface area contributed by atoms with E-state index >= 15 is 0 Å². The van der Waals surface area contributed by atoms with Gasteiger partial charge in [0.15, 0.2) is 0 Å². The van der Waals surface area contributed by atoms with Gasteiger partial charge in [-0.25, -0.2) is 0 Å². The van der Waals surface area contributed by atoms with Crippen molar-refractivity contribution in [2.75, 3.05) is 4.90 Å². The van der Waals surface area contributed by atoms with Crippen LogP contribution in [-0.2, 0) is 21.7 Å². The monoisotopic (exact) mass is 979 g/mol. The average molecular weight is 980 g/mol. The van der Waals surface area contributed by atoms with Crippen LogP contribution in [0.3, 0.4) is 0 Å². The quantitative estimate of drug-likeness (QED) is 0.176. The van der Waals surface area contributed by atoms with Crippen LogP contribution in [0.1, 0.15) is 105 Å². The first kappa shape index (κ1) is 43.9. The lowest BCUT2D eigenvalue weighted by atomic mass is 9.72. The zero-order valence-corrected chi connectivity index (χ0v) is 44.6. The number of anilines is 3. The number of rotatable bonds is 4. The first-order chi connectivity index (χ1) is 36.6. The molecule has 0 radical (unpaired) electrons. The molecule has 3 heteroatoms. The molecular formula is C73H57NO2. The minimum absolute atomic E-state index is 0.172. The highest BCUT2D eigenvalue weighted by atomic mass is 16.3. The summed E-state index contributed by atoms with van der Waals surface area (Å²) in [6, 6.07) is 68.4. The molecule has 10 aromatic carbocycles. The summed E-state index contributed by atoms with van der Waals surface area (Å²) in [5.41, 5.74) is 30.8. The predicted molar refractivity (Wildman–Crippen MR) is 316 cm³/mol. The van der Waals surface area contributed by atoms with Crippen molar-refractivity contribution >= 4 is 60.9 Å². The third-order valence-corrected chi connectivity index (χ3v) is 18.9. The van der Waals surface area contributed by atoms with Crippen LogP contribution >= 0.6 is 0 Å². The maximum Gasteiger partial charge on any atom is 0.144 e. The summed E-state index contributed by atoms with van der Waals surface area (Å²) in [5, 5.41) is 4.74. The van der Waals surface area contributed by atoms with Crippen molar-refractivity contribution in [1.29, 1.82) is 0 Å². The summed E-state index contributed by atoms with van der Waals surface area (Å²) in [6.45, 7) is 21.5. The molecular weight excluding hydrogens is 923 g/mol. The topological polar surface area (TPSA) is 29.5 Å². The van der Waals surface area contributed by atoms with Gasteiger partial charge in [0, 0.05) is 71.4 Å². The largest absolute Gasteiger partial charge is 0.455 e. The molecule has 0 N–H and O–H groups in total. The predicted octanol–water partition coefficient (Wildman–Crippen LogP) is 20.2. The number of hydrogen-bond donors (Lipinski definition) is 0. The van der Waals surface area contributed by atoms with Gasteiger partial charge in [-0.3, -0.25) is 0 Å². The fraction of sp³-hybridized carbons (Fsp3) is 0.178. The molecule has 0 amide bonds. The number of hydrogen-bond acceptors (Lipinski definition) is 3. The second-order valence-corrected chi connectivity index (χ2v) is 24.4. The van der Waals surface area contributed by atoms with Crippen LogP contribution in [0.25, 0.3) is 99.5 Å². The van der Waals surface area contributed by atoms with E-state index < -0.39 is 0 Å². The lowest BCUT2D eigenvalue weighted by molar-refractivity contribution is 0.600. The molecule has 2 aromatic heterocycles. The zero-order valence-electron chi connectivity index (χ0n) is 44.6. The summed E-state index contributed by atoms with van der Waals surface area (Å²) < 4.78 is 13.9. The second kappa shape index (κ2) is 14.5. The minimum atomic E-state index is -0.348. The Morgan fingerprint density at radius 1 is 0.329 bits per heavy atom. The molecule has 0 spiro atoms. The molecule has 0 saturated heterocycles. The van der Waals surface area contributed by atoms with Crippen molar-refractivity contribution in [3.05, 3.63) is 232 Å². The Hall–Kier alpha value is -8.40. The number of benzene rings is 10. The number of furan rings is 2. The molecule has 4 aliphatic carbocycles. The van der Waals surface area contributed by atoms with Gasteiger partial charge in [-0.1, -0.05) is 188 Å². The van der Waals surface area contributed by atoms with Gasteiger partial charge >= 0.3 is 0 Å². The van der Waals surface area contributed by atoms with Gasteiger partial charge in [-0.2, -0.15) is 0 Å². The van der Waals surface area contributed by atoms with Crippen LogP contribution in [0.5, 0.6) is 0 Å². The Kier molecular flexibility index (Phi) is 8.38. The molecule has 2 heterocycles. The van der Waals surface area contributed by atoms with E-state index in [9.17, 15) is 0 Å². The van der Waals surface area contributed by atoms with Crippen molar-refractivity contribution in [3.8, 4) is 55.6 Å². The summed E-state index contributed by atoms with van der Waals surface area (Å²) >= 11 is 0. The van der Waals surface area contributed by atoms with Gasteiger partial charge < -0.3 is 13.7 Å². The molecule has 0 unspecified atom stereocenters. The molecule has 0 aliphatic heterocycles. The van der Waals surface area contributed by atoms with E-state index in [-0.39, 0.29) is 21.7 Å². The number of aryl methyl sites for hydroxylation is 1. The van der Waals surface area contributed by atoms with Crippen molar-refractivity contribution in [1.82, 2.24) is 0 Å². The van der Waals surface area contributed by atoms with E-state index in [4.69, 9.17) is 8.83 Å². The average Bonchev–Trinajstić information content (AvgIpc) is 4.41. The first-order valence-corrected chi connectivity index (χ1v) is 27.2. The van der Waals surface area contributed by atoms with Crippen molar-refractivity contribution in [2.24, 2.45) is 0 Å². The molecule has 0 bridgehead atoms. The van der Waals surface area contributed by atoms with Gasteiger partial charge in [0.1, 0.15) is 22.3 Å². The Morgan fingerprint density at radius 3 is 1.41 bits per heavy atom. The van der Waals surface area contributed by atoms with Gasteiger partial charge in [0.2, 0.25) is 0 Å². The fourth-order valence-electron chi connectivity index (χ4n) is 15.1. The lowest BCUT2D eigenvalue weighted by Gasteiger charge is -2.32. The number of para-hydroxylation sites is 2. The van der Waals surface area contributed by atoms with E-state index in [2.05, 4.69) is 249 Å². The van der Waals surface area contributed by atoms with E-state index in [1.807, 2.05) is 0 Å². The minimum Gasteiger partial charge on any atom is -0.455 e. The third-order valence-electron chi connectivity index (χ3n) is 18.9. The van der Waals surface area contributed by atoms with E-state index in [1.165, 1.54) is 116 Å². The van der Waals surface area contributed by atoms with Crippen molar-refractivity contribution in [3.63, 3.8) is 0 Å². The van der Waals surface area contributed by atoms with Crippen molar-refractivity contribution in [2.45, 2.75) is 84.0 Å². The van der Waals surface area contributed by atoms with Gasteiger partial charge in [0.05, 0.1) is 0 Å². The molecule has 4 aliphatic rings. The van der Waals surface area contributed by atoms with Crippen LogP contribution in [0, 0.1) is 6.92 Å². The number of nitrogens with zero attached hydrogens (tertiary/aromatic N) is 1. The maximum atomic E-state index is 7.04. The Labute approximate surface area is 444 Å². The van der Waals surface area contributed by atoms with E-state index in [1.54, 1.807) is 0 Å². The highest BCUT2D eigenvalue weighted by Gasteiger charge is 2.49. The standard InChI is InChI=1S/C73H57NO2/c1-40-26-28-41(29-27-40)52-39-58-61(63-50-20-12-16-24-59(50)75-68(52)63)48-34-31-43(37-56(48)71(58,4)5)74(42-30-33-46-45-18-10-14-22-53(45)70(2,3)55(46)36-42)44-32-35-49-57(38-44)73(8,9)66-62(49)64-51-21-13-17-25-60(51)76-69(64)65-47-19-11-15-23-54(47)72(6,7)67(65)66/h10-39H,1-9H3. The Bertz CT molecular complexity index is 4590. The zero-order chi connectivity index (χ0) is 51.5. The molecule has 0 saturated carbocycles. The summed E-state index contributed by atoms with van der Waals surface area (Å²) in [7, 11) is 0. The summed E-state index contributed by atoms with van der Waals surface area (Å²) in [5.74, 6) is 0. The van der Waals surface area contributed by atoms with Crippen LogP contribution in [-0.4, -0.2) is 0 Å². The van der Waals surface area contributed by atoms with Gasteiger partial charge in [0.25, 0.3) is 0 Å². The first-order valence-electron chi connectivity index (χ1n) is 27.2. The van der Waals surface area contributed by atoms with Crippen LogP contribution in [0.15, 0.2) is 191 Å². The molecule has 0 fully saturated rings. The maximum absolute atomic E-state index is 7.04. The van der Waals surface area contributed by atoms with Crippen LogP contribution in [0.2, 0.25) is 0 Å². The molecule has 366 valence electrons. The second-order valence-electron chi connectivity index (χ2n) is 24.4. The lowest BCUT2D eigenvalue weighted by Crippen LogP contribution is -2.24. The van der Waals surface area contributed by atoms with Gasteiger partial charge in [-0.15, -0.1) is 0 Å². The third kappa shape index (κ3) is 5.43. The molecule has 12 aromatic rings. The summed E-state index contributed by atoms with van der Waals surface area (Å²) in [4.78, 5) is 2.55. The normalized spacial score (nSPS) is 16.1. The van der Waals surface area contributed by atoms with Crippen molar-refractivity contribution < 1.29 is 8.83 Å². The molecule has 76 heavy (non-hydrogen) atoms. The summed E-state index contributed by atoms with van der Waals surface area (Å²) in [6.07, 6.45) is 0. The number of fused-ring (bicyclic) bond motifs is 22. The SMILES string of the molecule is Cc1ccc(-c2cc3c(c4c2oc2ccccc24)-c2ccc(N(c4ccc5c(c4)C(C)(C)c4ccccc4-5)c4ccc5c(c4)C(C)(C)c4c6c(c7oc8ccccc8c7c4-5)-c4ccccc4C6(C)C)cc2C3(C)C)cc1. The molecule has 16 rings (SSSR count). The highest BCUT2D eigenvalue weighted by Crippen LogP contribution is 2.64. The van der Waals surface area contributed by atoms with Crippen LogP contribution < -0.4 is 4.90 Å². The smallest absolute Gasteiger partial charge is 0.144 e. The molecule has 0 atom stereocenters. The molecule has 3 nitrogen and oxygen atoms in total. The van der Waals surface area contributed by atoms with Crippen LogP contribution in [0.4, 0.5) is 17.1 Å². The van der Waals surface area contributed by atoms with E-state index in [0.717, 1.165) is 50.3 Å². The highest BCUT2D eigenvalue weighted by molar-refractivity contribution is 6.21. The fourth-order valence-corrected chi connectivity index (χ4v) is 15.1. The Morgan fingerprint density at radius 2 is 0.763 bits per heavy atom. The van der Waals surface area contributed by atoms with E-state index in [0.29, 0.717) is 0 Å².